The summed E-state index contributed by atoms with van der Waals surface area (Å²) in [6.07, 6.45) is 3.08. The molecular weight excluding hydrogens is 181 g/mol. The van der Waals surface area contributed by atoms with Gasteiger partial charge in [0.15, 0.2) is 4.33 Å². The van der Waals surface area contributed by atoms with Gasteiger partial charge >= 0.3 is 0 Å². The van der Waals surface area contributed by atoms with E-state index in [-0.39, 0.29) is 0 Å². The monoisotopic (exact) mass is 187 g/mol. The number of hydrogen-bond donors (Lipinski definition) is 0. The molecule has 0 atom stereocenters. The molecule has 0 unspecified atom stereocenters. The minimum atomic E-state index is -1.07. The van der Waals surface area contributed by atoms with Crippen molar-refractivity contribution in [1.29, 1.82) is 0 Å². The summed E-state index contributed by atoms with van der Waals surface area (Å²) < 4.78 is -1.07. The van der Waals surface area contributed by atoms with Crippen molar-refractivity contribution in [2.45, 2.75) is 4.33 Å². The van der Waals surface area contributed by atoms with Crippen LogP contribution in [0.2, 0.25) is 0 Å². The average Bonchev–Trinajstić information content (AvgIpc) is 2.06. The molecule has 1 aromatic heterocycles. The molecule has 0 saturated carbocycles. The number of pyridine rings is 1. The maximum absolute atomic E-state index is 5.83. The van der Waals surface area contributed by atoms with Gasteiger partial charge in [-0.25, -0.2) is 0 Å². The van der Waals surface area contributed by atoms with E-state index in [9.17, 15) is 0 Å². The minimum Gasteiger partial charge on any atom is -0.258 e. The number of nitrogens with zero attached hydrogens (tertiary/aromatic N) is 1. The zero-order chi connectivity index (χ0) is 8.32. The van der Waals surface area contributed by atoms with Crippen LogP contribution in [0, 0.1) is 0 Å². The van der Waals surface area contributed by atoms with Crippen molar-refractivity contribution in [3.8, 4) is 0 Å². The van der Waals surface area contributed by atoms with Gasteiger partial charge in [0, 0.05) is 6.20 Å². The van der Waals surface area contributed by atoms with Crippen LogP contribution in [-0.4, -0.2) is 4.98 Å². The lowest BCUT2D eigenvalue weighted by Crippen LogP contribution is -2.07. The van der Waals surface area contributed by atoms with E-state index >= 15 is 0 Å². The highest BCUT2D eigenvalue weighted by molar-refractivity contribution is 6.49. The van der Waals surface area contributed by atoms with Gasteiger partial charge in [-0.05, 0) is 18.2 Å². The van der Waals surface area contributed by atoms with Crippen molar-refractivity contribution >= 4 is 23.2 Å². The summed E-state index contributed by atoms with van der Waals surface area (Å²) in [5.41, 5.74) is 0.596. The van der Waals surface area contributed by atoms with Gasteiger partial charge in [0.05, 0.1) is 5.69 Å². The maximum Gasteiger partial charge on any atom is 0.177 e. The molecule has 11 heavy (non-hydrogen) atoms. The Balaban J connectivity index is 3.02. The zero-order valence-corrected chi connectivity index (χ0v) is 7.31. The number of alkyl halides is 2. The Morgan fingerprint density at radius 1 is 1.45 bits per heavy atom. The molecular formula is C8H7Cl2N. The van der Waals surface area contributed by atoms with Crippen molar-refractivity contribution in [2.75, 3.05) is 0 Å². The summed E-state index contributed by atoms with van der Waals surface area (Å²) in [5, 5.41) is 0. The van der Waals surface area contributed by atoms with E-state index < -0.39 is 4.33 Å². The van der Waals surface area contributed by atoms with E-state index in [0.29, 0.717) is 5.69 Å². The van der Waals surface area contributed by atoms with Gasteiger partial charge in [0.1, 0.15) is 0 Å². The second-order valence-electron chi connectivity index (χ2n) is 2.04. The highest BCUT2D eigenvalue weighted by Crippen LogP contribution is 2.32. The summed E-state index contributed by atoms with van der Waals surface area (Å²) in [4.78, 5) is 3.99. The van der Waals surface area contributed by atoms with Crippen molar-refractivity contribution in [3.63, 3.8) is 0 Å². The van der Waals surface area contributed by atoms with Crippen LogP contribution in [0.1, 0.15) is 5.69 Å². The fourth-order valence-electron chi connectivity index (χ4n) is 0.664. The molecule has 1 rings (SSSR count). The summed E-state index contributed by atoms with van der Waals surface area (Å²) in [7, 11) is 0. The molecule has 0 aromatic carbocycles. The lowest BCUT2D eigenvalue weighted by Gasteiger charge is -2.12. The lowest BCUT2D eigenvalue weighted by molar-refractivity contribution is 1.00. The first-order valence-electron chi connectivity index (χ1n) is 3.10. The molecule has 0 fully saturated rings. The Kier molecular flexibility index (Phi) is 2.53. The van der Waals surface area contributed by atoms with Gasteiger partial charge in [-0.15, -0.1) is 0 Å². The topological polar surface area (TPSA) is 12.9 Å². The van der Waals surface area contributed by atoms with Crippen LogP contribution in [0.5, 0.6) is 0 Å². The van der Waals surface area contributed by atoms with E-state index in [4.69, 9.17) is 23.2 Å². The summed E-state index contributed by atoms with van der Waals surface area (Å²) >= 11 is 11.7. The first-order chi connectivity index (χ1) is 5.17. The van der Waals surface area contributed by atoms with E-state index in [1.54, 1.807) is 18.3 Å². The van der Waals surface area contributed by atoms with Crippen LogP contribution < -0.4 is 0 Å². The molecule has 0 N–H and O–H groups in total. The standard InChI is InChI=1S/C8H7Cl2N/c1-2-8(9,10)7-5-3-4-6-11-7/h2-6H,1H2. The van der Waals surface area contributed by atoms with Gasteiger partial charge in [-0.2, -0.15) is 0 Å². The fourth-order valence-corrected chi connectivity index (χ4v) is 0.888. The molecule has 0 bridgehead atoms. The van der Waals surface area contributed by atoms with Gasteiger partial charge in [0.25, 0.3) is 0 Å². The Labute approximate surface area is 75.7 Å². The minimum absolute atomic E-state index is 0.596. The van der Waals surface area contributed by atoms with Gasteiger partial charge in [-0.3, -0.25) is 4.98 Å². The first kappa shape index (κ1) is 8.57. The number of allylic oxidation sites excluding steroid dienone is 1. The van der Waals surface area contributed by atoms with Crippen LogP contribution in [0.25, 0.3) is 0 Å². The number of aromatic nitrogens is 1. The Hall–Kier alpha value is -0.530. The molecule has 0 radical (unpaired) electrons. The summed E-state index contributed by atoms with van der Waals surface area (Å²) in [5.74, 6) is 0. The quantitative estimate of drug-likeness (QED) is 0.513. The second-order valence-corrected chi connectivity index (χ2v) is 3.43. The third kappa shape index (κ3) is 1.95. The van der Waals surface area contributed by atoms with Crippen LogP contribution >= 0.6 is 23.2 Å². The third-order valence-corrected chi connectivity index (χ3v) is 1.96. The van der Waals surface area contributed by atoms with Crippen molar-refractivity contribution in [3.05, 3.63) is 42.7 Å². The zero-order valence-electron chi connectivity index (χ0n) is 5.80. The van der Waals surface area contributed by atoms with E-state index in [1.807, 2.05) is 6.07 Å². The second kappa shape index (κ2) is 3.24. The van der Waals surface area contributed by atoms with Crippen LogP contribution in [0.3, 0.4) is 0 Å². The van der Waals surface area contributed by atoms with Gasteiger partial charge in [-0.1, -0.05) is 35.8 Å². The Morgan fingerprint density at radius 3 is 2.64 bits per heavy atom. The predicted molar refractivity (Wildman–Crippen MR) is 47.8 cm³/mol. The number of halogens is 2. The lowest BCUT2D eigenvalue weighted by atomic mass is 10.2. The Morgan fingerprint density at radius 2 is 2.18 bits per heavy atom. The number of rotatable bonds is 2. The van der Waals surface area contributed by atoms with E-state index in [2.05, 4.69) is 11.6 Å². The van der Waals surface area contributed by atoms with Gasteiger partial charge in [0.2, 0.25) is 0 Å². The predicted octanol–water partition coefficient (Wildman–Crippen LogP) is 2.90. The SMILES string of the molecule is C=CC(Cl)(Cl)c1ccccn1. The first-order valence-corrected chi connectivity index (χ1v) is 3.85. The van der Waals surface area contributed by atoms with Crippen molar-refractivity contribution < 1.29 is 0 Å². The molecule has 58 valence electrons. The van der Waals surface area contributed by atoms with Crippen LogP contribution in [0.15, 0.2) is 37.1 Å². The molecule has 1 nitrogen and oxygen atoms in total. The molecule has 3 heteroatoms. The van der Waals surface area contributed by atoms with Crippen LogP contribution in [0.4, 0.5) is 0 Å². The highest BCUT2D eigenvalue weighted by atomic mass is 35.5. The molecule has 0 aliphatic rings. The molecule has 0 saturated heterocycles. The van der Waals surface area contributed by atoms with Crippen molar-refractivity contribution in [2.24, 2.45) is 0 Å². The van der Waals surface area contributed by atoms with Crippen molar-refractivity contribution in [1.82, 2.24) is 4.98 Å². The maximum atomic E-state index is 5.83. The molecule has 0 spiro atoms. The summed E-state index contributed by atoms with van der Waals surface area (Å²) in [6, 6.07) is 5.38. The summed E-state index contributed by atoms with van der Waals surface area (Å²) in [6.45, 7) is 3.50. The van der Waals surface area contributed by atoms with Crippen LogP contribution in [-0.2, 0) is 4.33 Å². The molecule has 0 amide bonds. The molecule has 1 heterocycles. The third-order valence-electron chi connectivity index (χ3n) is 1.26. The van der Waals surface area contributed by atoms with E-state index in [1.165, 1.54) is 6.08 Å². The number of hydrogen-bond acceptors (Lipinski definition) is 1. The highest BCUT2D eigenvalue weighted by Gasteiger charge is 2.22. The normalized spacial score (nSPS) is 11.1. The fraction of sp³-hybridized carbons (Fsp3) is 0.125. The van der Waals surface area contributed by atoms with Gasteiger partial charge < -0.3 is 0 Å². The Bertz CT molecular complexity index is 244. The smallest absolute Gasteiger partial charge is 0.177 e. The molecule has 0 aliphatic carbocycles. The largest absolute Gasteiger partial charge is 0.258 e. The molecule has 1 aromatic rings. The molecule has 0 aliphatic heterocycles. The van der Waals surface area contributed by atoms with E-state index in [0.717, 1.165) is 0 Å². The average molecular weight is 188 g/mol.